The van der Waals surface area contributed by atoms with Crippen molar-refractivity contribution >= 4 is 23.5 Å². The third kappa shape index (κ3) is 5.57. The van der Waals surface area contributed by atoms with Crippen LogP contribution in [0.1, 0.15) is 26.3 Å². The smallest absolute Gasteiger partial charge is 0.248 e. The molecule has 6 heteroatoms. The van der Waals surface area contributed by atoms with E-state index in [1.54, 1.807) is 12.3 Å². The summed E-state index contributed by atoms with van der Waals surface area (Å²) in [4.78, 5) is 18.8. The lowest BCUT2D eigenvalue weighted by Crippen LogP contribution is -2.45. The number of carbonyl (C=O) groups excluding carboxylic acids is 1. The van der Waals surface area contributed by atoms with Crippen LogP contribution in [0.25, 0.3) is 6.08 Å². The summed E-state index contributed by atoms with van der Waals surface area (Å²) in [6, 6.07) is 11.4. The highest BCUT2D eigenvalue weighted by Crippen LogP contribution is 2.20. The molecule has 0 radical (unpaired) electrons. The number of aromatic nitrogens is 1. The lowest BCUT2D eigenvalue weighted by atomic mass is 10.2. The number of pyridine rings is 1. The van der Waals surface area contributed by atoms with E-state index in [0.29, 0.717) is 12.3 Å². The number of carbonyl (C=O) groups is 1. The minimum atomic E-state index is -0.197. The summed E-state index contributed by atoms with van der Waals surface area (Å²) in [5, 5.41) is 2.84. The van der Waals surface area contributed by atoms with E-state index in [1.807, 2.05) is 43.3 Å². The molecule has 28 heavy (non-hydrogen) atoms. The highest BCUT2D eigenvalue weighted by atomic mass is 16.5. The number of anilines is 2. The SMILES string of the molecule is CCOc1ccc(/C=C/C(=O)Nc2ccc(N3CC(C)OC(C)C3)nc2)cc1. The minimum absolute atomic E-state index is 0.178. The molecule has 1 N–H and O–H groups in total. The van der Waals surface area contributed by atoms with Gasteiger partial charge in [-0.15, -0.1) is 0 Å². The second-order valence-corrected chi connectivity index (χ2v) is 6.89. The maximum Gasteiger partial charge on any atom is 0.248 e. The quantitative estimate of drug-likeness (QED) is 0.772. The molecule has 0 saturated carbocycles. The second kappa shape index (κ2) is 9.37. The van der Waals surface area contributed by atoms with E-state index >= 15 is 0 Å². The zero-order valence-electron chi connectivity index (χ0n) is 16.6. The molecular weight excluding hydrogens is 354 g/mol. The molecule has 1 aliphatic heterocycles. The molecule has 1 saturated heterocycles. The van der Waals surface area contributed by atoms with Gasteiger partial charge in [-0.25, -0.2) is 4.98 Å². The van der Waals surface area contributed by atoms with Gasteiger partial charge in [0.15, 0.2) is 0 Å². The molecule has 0 bridgehead atoms. The van der Waals surface area contributed by atoms with Gasteiger partial charge in [-0.1, -0.05) is 12.1 Å². The summed E-state index contributed by atoms with van der Waals surface area (Å²) in [6.45, 7) is 8.33. The summed E-state index contributed by atoms with van der Waals surface area (Å²) in [6.07, 6.45) is 5.32. The first-order chi connectivity index (χ1) is 13.5. The summed E-state index contributed by atoms with van der Waals surface area (Å²) in [5.74, 6) is 1.52. The van der Waals surface area contributed by atoms with Gasteiger partial charge in [0.25, 0.3) is 0 Å². The first-order valence-electron chi connectivity index (χ1n) is 9.62. The lowest BCUT2D eigenvalue weighted by Gasteiger charge is -2.36. The van der Waals surface area contributed by atoms with Crippen LogP contribution >= 0.6 is 0 Å². The standard InChI is InChI=1S/C22H27N3O3/c1-4-27-20-9-5-18(6-10-20)7-12-22(26)24-19-8-11-21(23-13-19)25-14-16(2)28-17(3)15-25/h5-13,16-17H,4,14-15H2,1-3H3,(H,24,26)/b12-7+. The van der Waals surface area contributed by atoms with Gasteiger partial charge in [0, 0.05) is 19.2 Å². The van der Waals surface area contributed by atoms with Gasteiger partial charge < -0.3 is 19.7 Å². The molecule has 2 atom stereocenters. The topological polar surface area (TPSA) is 63.7 Å². The van der Waals surface area contributed by atoms with Gasteiger partial charge in [0.1, 0.15) is 11.6 Å². The Bertz CT molecular complexity index is 793. The van der Waals surface area contributed by atoms with Crippen LogP contribution in [0.15, 0.2) is 48.7 Å². The Hall–Kier alpha value is -2.86. The number of nitrogens with zero attached hydrogens (tertiary/aromatic N) is 2. The van der Waals surface area contributed by atoms with Crippen LogP contribution in [0, 0.1) is 0 Å². The molecule has 2 heterocycles. The number of nitrogens with one attached hydrogen (secondary N) is 1. The molecule has 3 rings (SSSR count). The van der Waals surface area contributed by atoms with Gasteiger partial charge in [-0.2, -0.15) is 0 Å². The van der Waals surface area contributed by atoms with Gasteiger partial charge in [-0.05, 0) is 56.7 Å². The van der Waals surface area contributed by atoms with Gasteiger partial charge in [0.05, 0.1) is 30.7 Å². The van der Waals surface area contributed by atoms with E-state index in [0.717, 1.165) is 30.2 Å². The number of ether oxygens (including phenoxy) is 2. The van der Waals surface area contributed by atoms with Crippen molar-refractivity contribution < 1.29 is 14.3 Å². The Morgan fingerprint density at radius 2 is 1.93 bits per heavy atom. The van der Waals surface area contributed by atoms with Crippen molar-refractivity contribution in [2.75, 3.05) is 29.9 Å². The molecular formula is C22H27N3O3. The lowest BCUT2D eigenvalue weighted by molar-refractivity contribution is -0.111. The first kappa shape index (κ1) is 19.9. The first-order valence-corrected chi connectivity index (χ1v) is 9.62. The molecule has 1 aromatic carbocycles. The Balaban J connectivity index is 1.55. The molecule has 6 nitrogen and oxygen atoms in total. The van der Waals surface area contributed by atoms with Crippen LogP contribution in [0.3, 0.4) is 0 Å². The minimum Gasteiger partial charge on any atom is -0.494 e. The second-order valence-electron chi connectivity index (χ2n) is 6.89. The van der Waals surface area contributed by atoms with Crippen LogP contribution in [-0.2, 0) is 9.53 Å². The molecule has 1 aromatic heterocycles. The molecule has 2 unspecified atom stereocenters. The van der Waals surface area contributed by atoms with Crippen molar-refractivity contribution in [3.8, 4) is 5.75 Å². The maximum atomic E-state index is 12.2. The van der Waals surface area contributed by atoms with Crippen molar-refractivity contribution in [2.45, 2.75) is 33.0 Å². The van der Waals surface area contributed by atoms with Crippen LogP contribution in [0.4, 0.5) is 11.5 Å². The van der Waals surface area contributed by atoms with Crippen molar-refractivity contribution in [1.82, 2.24) is 4.98 Å². The third-order valence-electron chi connectivity index (χ3n) is 4.38. The molecule has 1 fully saturated rings. The summed E-state index contributed by atoms with van der Waals surface area (Å²) >= 11 is 0. The Kier molecular flexibility index (Phi) is 6.66. The van der Waals surface area contributed by atoms with Crippen LogP contribution in [0.5, 0.6) is 5.75 Å². The maximum absolute atomic E-state index is 12.2. The van der Waals surface area contributed by atoms with Crippen molar-refractivity contribution in [2.24, 2.45) is 0 Å². The fourth-order valence-corrected chi connectivity index (χ4v) is 3.21. The van der Waals surface area contributed by atoms with E-state index in [9.17, 15) is 4.79 Å². The number of hydrogen-bond donors (Lipinski definition) is 1. The average Bonchev–Trinajstić information content (AvgIpc) is 2.67. The van der Waals surface area contributed by atoms with Crippen LogP contribution in [0.2, 0.25) is 0 Å². The van der Waals surface area contributed by atoms with Crippen molar-refractivity contribution in [3.63, 3.8) is 0 Å². The highest BCUT2D eigenvalue weighted by Gasteiger charge is 2.22. The number of morpholine rings is 1. The zero-order chi connectivity index (χ0) is 19.9. The van der Waals surface area contributed by atoms with E-state index < -0.39 is 0 Å². The molecule has 148 valence electrons. The third-order valence-corrected chi connectivity index (χ3v) is 4.38. The molecule has 0 aliphatic carbocycles. The molecule has 1 amide bonds. The molecule has 2 aromatic rings. The van der Waals surface area contributed by atoms with E-state index in [1.165, 1.54) is 6.08 Å². The molecule has 0 spiro atoms. The van der Waals surface area contributed by atoms with Gasteiger partial charge >= 0.3 is 0 Å². The van der Waals surface area contributed by atoms with Crippen molar-refractivity contribution in [3.05, 3.63) is 54.2 Å². The Morgan fingerprint density at radius 3 is 2.54 bits per heavy atom. The van der Waals surface area contributed by atoms with Crippen molar-refractivity contribution in [1.29, 1.82) is 0 Å². The largest absolute Gasteiger partial charge is 0.494 e. The summed E-state index contributed by atoms with van der Waals surface area (Å²) < 4.78 is 11.2. The normalized spacial score (nSPS) is 19.6. The summed E-state index contributed by atoms with van der Waals surface area (Å²) in [5.41, 5.74) is 1.60. The van der Waals surface area contributed by atoms with E-state index in [4.69, 9.17) is 9.47 Å². The zero-order valence-corrected chi connectivity index (χ0v) is 16.6. The number of rotatable bonds is 6. The van der Waals surface area contributed by atoms with Gasteiger partial charge in [0.2, 0.25) is 5.91 Å². The van der Waals surface area contributed by atoms with Crippen LogP contribution < -0.4 is 15.0 Å². The number of benzene rings is 1. The Labute approximate surface area is 166 Å². The molecule has 1 aliphatic rings. The monoisotopic (exact) mass is 381 g/mol. The Morgan fingerprint density at radius 1 is 1.21 bits per heavy atom. The number of hydrogen-bond acceptors (Lipinski definition) is 5. The number of amides is 1. The highest BCUT2D eigenvalue weighted by molar-refractivity contribution is 6.01. The van der Waals surface area contributed by atoms with E-state index in [-0.39, 0.29) is 18.1 Å². The van der Waals surface area contributed by atoms with E-state index in [2.05, 4.69) is 29.0 Å². The fraction of sp³-hybridized carbons (Fsp3) is 0.364. The fourth-order valence-electron chi connectivity index (χ4n) is 3.21. The predicted octanol–water partition coefficient (Wildman–Crippen LogP) is 3.75. The van der Waals surface area contributed by atoms with Crippen LogP contribution in [-0.4, -0.2) is 42.8 Å². The predicted molar refractivity (Wildman–Crippen MR) is 112 cm³/mol. The summed E-state index contributed by atoms with van der Waals surface area (Å²) in [7, 11) is 0. The average molecular weight is 381 g/mol. The van der Waals surface area contributed by atoms with Gasteiger partial charge in [-0.3, -0.25) is 4.79 Å².